The van der Waals surface area contributed by atoms with Crippen molar-refractivity contribution in [2.24, 2.45) is 0 Å². The molecule has 8 nitrogen and oxygen atoms in total. The molecular formula is C20H16O8-2. The molecule has 0 aromatic heterocycles. The lowest BCUT2D eigenvalue weighted by atomic mass is 10.1. The molecule has 2 rings (SSSR count). The number of aryl methyl sites for hydroxylation is 2. The normalized spacial score (nSPS) is 12.5. The first kappa shape index (κ1) is 20.6. The molecule has 28 heavy (non-hydrogen) atoms. The largest absolute Gasteiger partial charge is 0.546 e. The summed E-state index contributed by atoms with van der Waals surface area (Å²) in [6.07, 6.45) is -4.79. The smallest absolute Gasteiger partial charge is 0.338 e. The number of carbonyl (C=O) groups excluding carboxylic acids is 4. The third kappa shape index (κ3) is 5.16. The molecule has 0 aliphatic heterocycles. The molecule has 2 aromatic rings. The summed E-state index contributed by atoms with van der Waals surface area (Å²) in [6.45, 7) is 3.55. The standard InChI is InChI=1S/C20H18O8/c1-11-3-7-13(8-4-11)19(25)27-15(17(21)22)16(18(23)24)28-20(26)14-9-5-12(2)6-10-14/h3-10,15-16H,1-2H3,(H,21,22)(H,23,24)/p-2. The van der Waals surface area contributed by atoms with Crippen molar-refractivity contribution in [3.05, 3.63) is 70.8 Å². The lowest BCUT2D eigenvalue weighted by molar-refractivity contribution is -0.332. The number of carbonyl (C=O) groups is 4. The minimum atomic E-state index is -2.40. The highest BCUT2D eigenvalue weighted by molar-refractivity contribution is 5.94. The summed E-state index contributed by atoms with van der Waals surface area (Å²) < 4.78 is 9.44. The topological polar surface area (TPSA) is 133 Å². The van der Waals surface area contributed by atoms with E-state index in [1.807, 2.05) is 0 Å². The van der Waals surface area contributed by atoms with Gasteiger partial charge in [-0.1, -0.05) is 35.4 Å². The molecule has 0 amide bonds. The van der Waals surface area contributed by atoms with E-state index in [9.17, 15) is 29.4 Å². The molecule has 0 bridgehead atoms. The molecule has 2 atom stereocenters. The van der Waals surface area contributed by atoms with Crippen LogP contribution in [0.15, 0.2) is 48.5 Å². The van der Waals surface area contributed by atoms with Crippen LogP contribution in [-0.4, -0.2) is 36.1 Å². The zero-order chi connectivity index (χ0) is 20.8. The van der Waals surface area contributed by atoms with Crippen LogP contribution in [-0.2, 0) is 19.1 Å². The Balaban J connectivity index is 2.21. The van der Waals surface area contributed by atoms with Gasteiger partial charge in [0.2, 0.25) is 0 Å². The zero-order valence-electron chi connectivity index (χ0n) is 15.0. The van der Waals surface area contributed by atoms with Gasteiger partial charge in [-0.2, -0.15) is 0 Å². The van der Waals surface area contributed by atoms with Gasteiger partial charge in [0.15, 0.2) is 12.2 Å². The second-order valence-electron chi connectivity index (χ2n) is 6.02. The van der Waals surface area contributed by atoms with Crippen LogP contribution in [0.2, 0.25) is 0 Å². The van der Waals surface area contributed by atoms with Crippen molar-refractivity contribution in [2.75, 3.05) is 0 Å². The van der Waals surface area contributed by atoms with Gasteiger partial charge >= 0.3 is 11.9 Å². The number of aliphatic carboxylic acids is 2. The summed E-state index contributed by atoms with van der Waals surface area (Å²) in [4.78, 5) is 47.0. The highest BCUT2D eigenvalue weighted by Gasteiger charge is 2.32. The molecule has 0 fully saturated rings. The highest BCUT2D eigenvalue weighted by atomic mass is 16.6. The van der Waals surface area contributed by atoms with Gasteiger partial charge in [-0.15, -0.1) is 0 Å². The van der Waals surface area contributed by atoms with E-state index in [-0.39, 0.29) is 11.1 Å². The van der Waals surface area contributed by atoms with Crippen molar-refractivity contribution < 1.29 is 38.9 Å². The number of ether oxygens (including phenoxy) is 2. The average Bonchev–Trinajstić information content (AvgIpc) is 2.64. The minimum Gasteiger partial charge on any atom is -0.546 e. The number of benzene rings is 2. The molecule has 8 heteroatoms. The van der Waals surface area contributed by atoms with Gasteiger partial charge in [0.1, 0.15) is 0 Å². The summed E-state index contributed by atoms with van der Waals surface area (Å²) in [7, 11) is 0. The van der Waals surface area contributed by atoms with Gasteiger partial charge in [0.25, 0.3) is 0 Å². The summed E-state index contributed by atoms with van der Waals surface area (Å²) in [5.74, 6) is -6.34. The van der Waals surface area contributed by atoms with Crippen molar-refractivity contribution in [3.8, 4) is 0 Å². The molecule has 0 aliphatic rings. The van der Waals surface area contributed by atoms with Crippen LogP contribution in [0.25, 0.3) is 0 Å². The number of hydrogen-bond donors (Lipinski definition) is 0. The van der Waals surface area contributed by atoms with Gasteiger partial charge in [-0.05, 0) is 38.1 Å². The molecular weight excluding hydrogens is 368 g/mol. The van der Waals surface area contributed by atoms with Crippen LogP contribution in [0.5, 0.6) is 0 Å². The highest BCUT2D eigenvalue weighted by Crippen LogP contribution is 2.13. The number of carboxylic acids is 2. The monoisotopic (exact) mass is 384 g/mol. The summed E-state index contributed by atoms with van der Waals surface area (Å²) in [5.41, 5.74) is 1.65. The fraction of sp³-hybridized carbons (Fsp3) is 0.200. The fourth-order valence-corrected chi connectivity index (χ4v) is 2.21. The Labute approximate surface area is 160 Å². The summed E-state index contributed by atoms with van der Waals surface area (Å²) in [5, 5.41) is 22.7. The van der Waals surface area contributed by atoms with Crippen molar-refractivity contribution >= 4 is 23.9 Å². The maximum Gasteiger partial charge on any atom is 0.338 e. The van der Waals surface area contributed by atoms with Gasteiger partial charge in [0, 0.05) is 0 Å². The number of esters is 2. The summed E-state index contributed by atoms with van der Waals surface area (Å²) in [6, 6.07) is 11.8. The average molecular weight is 384 g/mol. The van der Waals surface area contributed by atoms with Crippen LogP contribution >= 0.6 is 0 Å². The minimum absolute atomic E-state index is 0.0150. The lowest BCUT2D eigenvalue weighted by Gasteiger charge is -2.28. The third-order valence-electron chi connectivity index (χ3n) is 3.78. The quantitative estimate of drug-likeness (QED) is 0.587. The third-order valence-corrected chi connectivity index (χ3v) is 3.78. The Morgan fingerprint density at radius 2 is 0.929 bits per heavy atom. The Morgan fingerprint density at radius 1 is 0.643 bits per heavy atom. The molecule has 0 saturated heterocycles. The Morgan fingerprint density at radius 3 is 1.18 bits per heavy atom. The van der Waals surface area contributed by atoms with E-state index >= 15 is 0 Å². The van der Waals surface area contributed by atoms with E-state index in [1.165, 1.54) is 24.3 Å². The number of rotatable bonds is 7. The molecule has 0 heterocycles. The maximum atomic E-state index is 12.1. The Hall–Kier alpha value is -3.68. The van der Waals surface area contributed by atoms with Gasteiger partial charge < -0.3 is 29.3 Å². The van der Waals surface area contributed by atoms with Crippen LogP contribution in [0, 0.1) is 13.8 Å². The van der Waals surface area contributed by atoms with Crippen molar-refractivity contribution in [2.45, 2.75) is 26.1 Å². The van der Waals surface area contributed by atoms with Crippen molar-refractivity contribution in [1.29, 1.82) is 0 Å². The first-order chi connectivity index (χ1) is 13.2. The van der Waals surface area contributed by atoms with Crippen molar-refractivity contribution in [1.82, 2.24) is 0 Å². The van der Waals surface area contributed by atoms with Crippen LogP contribution in [0.4, 0.5) is 0 Å². The SMILES string of the molecule is Cc1ccc(C(=O)OC(C(=O)[O-])C(OC(=O)c2ccc(C)cc2)C(=O)[O-])cc1. The second-order valence-corrected chi connectivity index (χ2v) is 6.02. The predicted molar refractivity (Wildman–Crippen MR) is 90.8 cm³/mol. The summed E-state index contributed by atoms with van der Waals surface area (Å²) >= 11 is 0. The molecule has 0 radical (unpaired) electrons. The second kappa shape index (κ2) is 8.81. The van der Waals surface area contributed by atoms with E-state index in [0.717, 1.165) is 11.1 Å². The Bertz CT molecular complexity index is 808. The van der Waals surface area contributed by atoms with Crippen LogP contribution in [0.3, 0.4) is 0 Å². The number of hydrogen-bond acceptors (Lipinski definition) is 8. The van der Waals surface area contributed by atoms with E-state index in [1.54, 1.807) is 38.1 Å². The zero-order valence-corrected chi connectivity index (χ0v) is 15.0. The van der Waals surface area contributed by atoms with E-state index in [0.29, 0.717) is 0 Å². The molecule has 0 aliphatic carbocycles. The van der Waals surface area contributed by atoms with E-state index in [4.69, 9.17) is 9.47 Å². The van der Waals surface area contributed by atoms with Gasteiger partial charge in [-0.3, -0.25) is 0 Å². The lowest BCUT2D eigenvalue weighted by Crippen LogP contribution is -2.55. The van der Waals surface area contributed by atoms with Gasteiger partial charge in [0.05, 0.1) is 23.1 Å². The maximum absolute atomic E-state index is 12.1. The predicted octanol–water partition coefficient (Wildman–Crippen LogP) is -0.446. The molecule has 2 unspecified atom stereocenters. The Kier molecular flexibility index (Phi) is 6.49. The van der Waals surface area contributed by atoms with Crippen LogP contribution < -0.4 is 10.2 Å². The van der Waals surface area contributed by atoms with Gasteiger partial charge in [-0.25, -0.2) is 9.59 Å². The van der Waals surface area contributed by atoms with E-state index in [2.05, 4.69) is 0 Å². The first-order valence-electron chi connectivity index (χ1n) is 8.16. The molecule has 0 spiro atoms. The number of carboxylic acid groups (broad SMARTS) is 2. The first-order valence-corrected chi connectivity index (χ1v) is 8.16. The molecule has 0 saturated carbocycles. The van der Waals surface area contributed by atoms with E-state index < -0.39 is 36.1 Å². The fourth-order valence-electron chi connectivity index (χ4n) is 2.21. The molecule has 0 N–H and O–H groups in total. The van der Waals surface area contributed by atoms with Crippen LogP contribution in [0.1, 0.15) is 31.8 Å². The molecule has 2 aromatic carbocycles. The molecule has 146 valence electrons. The van der Waals surface area contributed by atoms with Crippen molar-refractivity contribution in [3.63, 3.8) is 0 Å².